The van der Waals surface area contributed by atoms with Crippen LogP contribution >= 0.6 is 0 Å². The summed E-state index contributed by atoms with van der Waals surface area (Å²) in [5.41, 5.74) is 1.45. The SMILES string of the molecule is CN1CCC[C@@H](Nc2nnc(-c3ccc(OC(F)F)cc3)c3ccncc23)C1. The Hall–Kier alpha value is -2.87. The second-order valence-corrected chi connectivity index (χ2v) is 6.97. The van der Waals surface area contributed by atoms with Crippen LogP contribution in [0.2, 0.25) is 0 Å². The molecule has 0 spiro atoms. The highest BCUT2D eigenvalue weighted by atomic mass is 19.3. The van der Waals surface area contributed by atoms with E-state index in [1.807, 2.05) is 6.07 Å². The van der Waals surface area contributed by atoms with E-state index in [2.05, 4.69) is 37.2 Å². The Balaban J connectivity index is 1.65. The maximum Gasteiger partial charge on any atom is 0.387 e. The molecule has 146 valence electrons. The molecule has 3 heterocycles. The number of benzene rings is 1. The lowest BCUT2D eigenvalue weighted by Gasteiger charge is -2.30. The molecule has 1 aliphatic rings. The van der Waals surface area contributed by atoms with Crippen molar-refractivity contribution in [2.75, 3.05) is 25.5 Å². The van der Waals surface area contributed by atoms with E-state index in [1.54, 1.807) is 24.5 Å². The van der Waals surface area contributed by atoms with Gasteiger partial charge in [0.25, 0.3) is 0 Å². The number of nitrogens with one attached hydrogen (secondary N) is 1. The average molecular weight is 385 g/mol. The molecule has 0 bridgehead atoms. The molecule has 2 aromatic heterocycles. The van der Waals surface area contributed by atoms with Crippen LogP contribution in [0.3, 0.4) is 0 Å². The van der Waals surface area contributed by atoms with Crippen LogP contribution in [0.15, 0.2) is 42.7 Å². The number of aromatic nitrogens is 3. The van der Waals surface area contributed by atoms with Crippen molar-refractivity contribution in [1.82, 2.24) is 20.1 Å². The van der Waals surface area contributed by atoms with Crippen molar-refractivity contribution < 1.29 is 13.5 Å². The fourth-order valence-corrected chi connectivity index (χ4v) is 3.59. The van der Waals surface area contributed by atoms with Crippen molar-refractivity contribution >= 4 is 16.6 Å². The van der Waals surface area contributed by atoms with Crippen LogP contribution < -0.4 is 10.1 Å². The molecule has 28 heavy (non-hydrogen) atoms. The first-order chi connectivity index (χ1) is 13.6. The summed E-state index contributed by atoms with van der Waals surface area (Å²) in [6, 6.07) is 8.60. The number of rotatable bonds is 5. The minimum Gasteiger partial charge on any atom is -0.435 e. The number of nitrogens with zero attached hydrogens (tertiary/aromatic N) is 4. The number of halogens is 2. The normalized spacial score (nSPS) is 17.8. The van der Waals surface area contributed by atoms with Crippen LogP contribution in [0, 0.1) is 0 Å². The maximum atomic E-state index is 12.4. The molecule has 4 rings (SSSR count). The number of hydrogen-bond acceptors (Lipinski definition) is 6. The summed E-state index contributed by atoms with van der Waals surface area (Å²) in [5.74, 6) is 0.821. The summed E-state index contributed by atoms with van der Waals surface area (Å²) in [5, 5.41) is 14.1. The first-order valence-corrected chi connectivity index (χ1v) is 9.21. The van der Waals surface area contributed by atoms with Gasteiger partial charge in [-0.15, -0.1) is 10.2 Å². The quantitative estimate of drug-likeness (QED) is 0.721. The third-order valence-corrected chi connectivity index (χ3v) is 4.90. The van der Waals surface area contributed by atoms with Crippen molar-refractivity contribution in [2.45, 2.75) is 25.5 Å². The number of likely N-dealkylation sites (tertiary alicyclic amines) is 1. The molecular formula is C20H21F2N5O. The van der Waals surface area contributed by atoms with Gasteiger partial charge in [-0.05, 0) is 56.8 Å². The number of hydrogen-bond donors (Lipinski definition) is 1. The van der Waals surface area contributed by atoms with E-state index in [0.29, 0.717) is 17.6 Å². The monoisotopic (exact) mass is 385 g/mol. The van der Waals surface area contributed by atoms with Crippen molar-refractivity contribution in [3.05, 3.63) is 42.7 Å². The second-order valence-electron chi connectivity index (χ2n) is 6.97. The molecule has 1 fully saturated rings. The molecule has 1 atom stereocenters. The van der Waals surface area contributed by atoms with Gasteiger partial charge in [-0.1, -0.05) is 0 Å². The predicted molar refractivity (Wildman–Crippen MR) is 104 cm³/mol. The highest BCUT2D eigenvalue weighted by molar-refractivity contribution is 5.99. The van der Waals surface area contributed by atoms with Crippen molar-refractivity contribution in [3.63, 3.8) is 0 Å². The molecule has 0 unspecified atom stereocenters. The van der Waals surface area contributed by atoms with Gasteiger partial charge in [0.05, 0.1) is 0 Å². The minimum atomic E-state index is -2.85. The molecule has 6 nitrogen and oxygen atoms in total. The zero-order valence-electron chi connectivity index (χ0n) is 15.5. The Morgan fingerprint density at radius 3 is 2.71 bits per heavy atom. The fraction of sp³-hybridized carbons (Fsp3) is 0.350. The molecule has 1 saturated heterocycles. The zero-order chi connectivity index (χ0) is 19.5. The van der Waals surface area contributed by atoms with Gasteiger partial charge in [0, 0.05) is 41.3 Å². The van der Waals surface area contributed by atoms with Crippen LogP contribution in [-0.4, -0.2) is 52.9 Å². The Morgan fingerprint density at radius 2 is 1.96 bits per heavy atom. The summed E-state index contributed by atoms with van der Waals surface area (Å²) in [6.45, 7) is -0.783. The molecule has 0 radical (unpaired) electrons. The van der Waals surface area contributed by atoms with E-state index < -0.39 is 6.61 Å². The fourth-order valence-electron chi connectivity index (χ4n) is 3.59. The summed E-state index contributed by atoms with van der Waals surface area (Å²) in [6.07, 6.45) is 5.71. The number of likely N-dealkylation sites (N-methyl/N-ethyl adjacent to an activating group) is 1. The first kappa shape index (κ1) is 18.5. The molecule has 1 aliphatic heterocycles. The third kappa shape index (κ3) is 4.01. The van der Waals surface area contributed by atoms with Gasteiger partial charge < -0.3 is 15.0 Å². The van der Waals surface area contributed by atoms with Crippen LogP contribution in [0.1, 0.15) is 12.8 Å². The maximum absolute atomic E-state index is 12.4. The largest absolute Gasteiger partial charge is 0.435 e. The summed E-state index contributed by atoms with van der Waals surface area (Å²) >= 11 is 0. The molecule has 8 heteroatoms. The predicted octanol–water partition coefficient (Wildman–Crippen LogP) is 3.80. The van der Waals surface area contributed by atoms with Gasteiger partial charge >= 0.3 is 6.61 Å². The lowest BCUT2D eigenvalue weighted by molar-refractivity contribution is -0.0498. The van der Waals surface area contributed by atoms with E-state index in [4.69, 9.17) is 0 Å². The molecule has 1 aromatic carbocycles. The molecule has 3 aromatic rings. The Bertz CT molecular complexity index is 951. The number of piperidine rings is 1. The van der Waals surface area contributed by atoms with Gasteiger partial charge in [-0.3, -0.25) is 4.98 Å². The lowest BCUT2D eigenvalue weighted by Crippen LogP contribution is -2.40. The van der Waals surface area contributed by atoms with Crippen LogP contribution in [0.4, 0.5) is 14.6 Å². The first-order valence-electron chi connectivity index (χ1n) is 9.21. The van der Waals surface area contributed by atoms with E-state index in [1.165, 1.54) is 12.1 Å². The lowest BCUT2D eigenvalue weighted by atomic mass is 10.0. The topological polar surface area (TPSA) is 63.2 Å². The highest BCUT2D eigenvalue weighted by Gasteiger charge is 2.19. The third-order valence-electron chi connectivity index (χ3n) is 4.90. The van der Waals surface area contributed by atoms with E-state index >= 15 is 0 Å². The van der Waals surface area contributed by atoms with Crippen LogP contribution in [-0.2, 0) is 0 Å². The number of alkyl halides is 2. The van der Waals surface area contributed by atoms with Gasteiger partial charge in [-0.2, -0.15) is 8.78 Å². The summed E-state index contributed by atoms with van der Waals surface area (Å²) in [4.78, 5) is 6.54. The molecule has 0 amide bonds. The van der Waals surface area contributed by atoms with Crippen molar-refractivity contribution in [3.8, 4) is 17.0 Å². The van der Waals surface area contributed by atoms with Crippen molar-refractivity contribution in [2.24, 2.45) is 0 Å². The van der Waals surface area contributed by atoms with Gasteiger partial charge in [0.15, 0.2) is 5.82 Å². The molecule has 1 N–H and O–H groups in total. The average Bonchev–Trinajstić information content (AvgIpc) is 2.69. The molecule has 0 saturated carbocycles. The summed E-state index contributed by atoms with van der Waals surface area (Å²) < 4.78 is 29.1. The van der Waals surface area contributed by atoms with Gasteiger partial charge in [0.1, 0.15) is 11.4 Å². The molecular weight excluding hydrogens is 364 g/mol. The summed E-state index contributed by atoms with van der Waals surface area (Å²) in [7, 11) is 2.11. The van der Waals surface area contributed by atoms with E-state index in [0.717, 1.165) is 42.3 Å². The Morgan fingerprint density at radius 1 is 1.14 bits per heavy atom. The van der Waals surface area contributed by atoms with E-state index in [9.17, 15) is 8.78 Å². The smallest absolute Gasteiger partial charge is 0.387 e. The van der Waals surface area contributed by atoms with Gasteiger partial charge in [-0.25, -0.2) is 0 Å². The van der Waals surface area contributed by atoms with Crippen molar-refractivity contribution in [1.29, 1.82) is 0 Å². The van der Waals surface area contributed by atoms with Crippen LogP contribution in [0.25, 0.3) is 22.0 Å². The standard InChI is InChI=1S/C20H21F2N5O/c1-27-10-2-3-14(12-27)24-19-17-11-23-9-8-16(17)18(25-26-19)13-4-6-15(7-5-13)28-20(21)22/h4-9,11,14,20H,2-3,10,12H2,1H3,(H,24,26)/t14-/m1/s1. The number of ether oxygens (including phenoxy) is 1. The zero-order valence-corrected chi connectivity index (χ0v) is 15.5. The Kier molecular flexibility index (Phi) is 5.29. The second kappa shape index (κ2) is 8.02. The van der Waals surface area contributed by atoms with Gasteiger partial charge in [0.2, 0.25) is 0 Å². The van der Waals surface area contributed by atoms with E-state index in [-0.39, 0.29) is 5.75 Å². The number of anilines is 1. The number of fused-ring (bicyclic) bond motifs is 1. The van der Waals surface area contributed by atoms with Crippen LogP contribution in [0.5, 0.6) is 5.75 Å². The molecule has 0 aliphatic carbocycles. The Labute approximate surface area is 161 Å². The minimum absolute atomic E-state index is 0.109. The number of pyridine rings is 1. The highest BCUT2D eigenvalue weighted by Crippen LogP contribution is 2.31.